The van der Waals surface area contributed by atoms with E-state index in [0.29, 0.717) is 0 Å². The number of hydrogen-bond donors (Lipinski definition) is 2. The molecule has 1 atom stereocenters. The van der Waals surface area contributed by atoms with E-state index in [-0.39, 0.29) is 11.9 Å². The lowest BCUT2D eigenvalue weighted by atomic mass is 10.2. The molecule has 1 aliphatic heterocycles. The number of hydrogen-bond acceptors (Lipinski definition) is 5. The Morgan fingerprint density at radius 1 is 1.53 bits per heavy atom. The molecule has 104 valence electrons. The number of aromatic nitrogens is 2. The van der Waals surface area contributed by atoms with E-state index in [2.05, 4.69) is 15.3 Å². The van der Waals surface area contributed by atoms with E-state index in [1.54, 1.807) is 0 Å². The number of amides is 1. The lowest BCUT2D eigenvalue weighted by Crippen LogP contribution is -2.41. The van der Waals surface area contributed by atoms with Crippen molar-refractivity contribution in [2.75, 3.05) is 23.8 Å². The Labute approximate surface area is 113 Å². The lowest BCUT2D eigenvalue weighted by molar-refractivity contribution is -0.119. The number of anilines is 2. The van der Waals surface area contributed by atoms with Gasteiger partial charge in [0.25, 0.3) is 0 Å². The van der Waals surface area contributed by atoms with Crippen LogP contribution in [0.4, 0.5) is 11.6 Å². The van der Waals surface area contributed by atoms with Crippen molar-refractivity contribution in [3.8, 4) is 0 Å². The van der Waals surface area contributed by atoms with Crippen LogP contribution < -0.4 is 16.0 Å². The molecule has 0 aromatic carbocycles. The highest BCUT2D eigenvalue weighted by Gasteiger charge is 2.31. The Morgan fingerprint density at radius 3 is 2.84 bits per heavy atom. The summed E-state index contributed by atoms with van der Waals surface area (Å²) in [6, 6.07) is -0.247. The van der Waals surface area contributed by atoms with E-state index in [4.69, 9.17) is 5.73 Å². The molecule has 0 spiro atoms. The molecule has 1 amide bonds. The van der Waals surface area contributed by atoms with Gasteiger partial charge in [-0.15, -0.1) is 0 Å². The highest BCUT2D eigenvalue weighted by molar-refractivity contribution is 5.84. The van der Waals surface area contributed by atoms with Crippen LogP contribution in [0, 0.1) is 6.92 Å². The van der Waals surface area contributed by atoms with Gasteiger partial charge in [-0.05, 0) is 19.8 Å². The number of carbonyl (C=O) groups excluding carboxylic acids is 1. The third kappa shape index (κ3) is 2.47. The van der Waals surface area contributed by atoms with E-state index < -0.39 is 0 Å². The van der Waals surface area contributed by atoms with Crippen molar-refractivity contribution in [2.45, 2.75) is 39.2 Å². The average Bonchev–Trinajstić information content (AvgIpc) is 2.88. The van der Waals surface area contributed by atoms with Crippen LogP contribution in [0.15, 0.2) is 0 Å². The van der Waals surface area contributed by atoms with Gasteiger partial charge in [-0.25, -0.2) is 9.97 Å². The molecule has 0 radical (unpaired) electrons. The third-order valence-electron chi connectivity index (χ3n) is 3.57. The van der Waals surface area contributed by atoms with E-state index in [9.17, 15) is 4.79 Å². The summed E-state index contributed by atoms with van der Waals surface area (Å²) in [6.45, 7) is 4.80. The second-order valence-corrected chi connectivity index (χ2v) is 4.79. The van der Waals surface area contributed by atoms with Crippen molar-refractivity contribution in [1.29, 1.82) is 0 Å². The smallest absolute Gasteiger partial charge is 0.240 e. The molecule has 0 bridgehead atoms. The minimum Gasteiger partial charge on any atom is -0.373 e. The maximum atomic E-state index is 11.5. The summed E-state index contributed by atoms with van der Waals surface area (Å²) in [7, 11) is 1.84. The number of nitrogens with one attached hydrogen (secondary N) is 1. The molecule has 0 saturated carbocycles. The fraction of sp³-hybridized carbons (Fsp3) is 0.615. The molecule has 1 aliphatic rings. The van der Waals surface area contributed by atoms with Gasteiger partial charge < -0.3 is 16.0 Å². The summed E-state index contributed by atoms with van der Waals surface area (Å²) in [5.41, 5.74) is 6.44. The van der Waals surface area contributed by atoms with Crippen molar-refractivity contribution in [3.05, 3.63) is 11.4 Å². The van der Waals surface area contributed by atoms with Crippen molar-refractivity contribution in [3.63, 3.8) is 0 Å². The van der Waals surface area contributed by atoms with Crippen LogP contribution in [0.25, 0.3) is 0 Å². The molecule has 2 heterocycles. The van der Waals surface area contributed by atoms with Gasteiger partial charge >= 0.3 is 0 Å². The summed E-state index contributed by atoms with van der Waals surface area (Å²) in [4.78, 5) is 22.6. The topological polar surface area (TPSA) is 84.1 Å². The summed E-state index contributed by atoms with van der Waals surface area (Å²) in [6.07, 6.45) is 2.53. The first-order chi connectivity index (χ1) is 9.08. The maximum Gasteiger partial charge on any atom is 0.240 e. The predicted molar refractivity (Wildman–Crippen MR) is 75.3 cm³/mol. The van der Waals surface area contributed by atoms with Gasteiger partial charge in [-0.3, -0.25) is 4.79 Å². The molecule has 1 unspecified atom stereocenters. The molecular weight excluding hydrogens is 242 g/mol. The van der Waals surface area contributed by atoms with Gasteiger partial charge in [0.1, 0.15) is 23.5 Å². The monoisotopic (exact) mass is 263 g/mol. The molecule has 1 fully saturated rings. The zero-order valence-electron chi connectivity index (χ0n) is 11.7. The van der Waals surface area contributed by atoms with Gasteiger partial charge in [0.05, 0.1) is 0 Å². The van der Waals surface area contributed by atoms with Crippen LogP contribution in [0.1, 0.15) is 31.2 Å². The Hall–Kier alpha value is -1.85. The van der Waals surface area contributed by atoms with Gasteiger partial charge in [0.2, 0.25) is 5.91 Å². The first-order valence-corrected chi connectivity index (χ1v) is 6.69. The van der Waals surface area contributed by atoms with Crippen molar-refractivity contribution >= 4 is 17.5 Å². The molecule has 0 aliphatic carbocycles. The molecule has 1 aromatic rings. The zero-order chi connectivity index (χ0) is 14.0. The minimum absolute atomic E-state index is 0.247. The summed E-state index contributed by atoms with van der Waals surface area (Å²) in [5, 5.41) is 3.08. The highest BCUT2D eigenvalue weighted by atomic mass is 16.1. The number of nitrogens with zero attached hydrogens (tertiary/aromatic N) is 3. The standard InChI is InChI=1S/C13H21N5O/c1-4-10-16-12(15-3)8(2)13(17-10)18-7-5-6-9(18)11(14)19/h9H,4-7H2,1-3H3,(H2,14,19)(H,15,16,17). The third-order valence-corrected chi connectivity index (χ3v) is 3.57. The molecule has 6 heteroatoms. The minimum atomic E-state index is -0.278. The molecule has 1 saturated heterocycles. The molecule has 6 nitrogen and oxygen atoms in total. The molecule has 2 rings (SSSR count). The Kier molecular flexibility index (Phi) is 3.87. The maximum absolute atomic E-state index is 11.5. The van der Waals surface area contributed by atoms with E-state index in [1.807, 2.05) is 25.8 Å². The molecule has 1 aromatic heterocycles. The fourth-order valence-electron chi connectivity index (χ4n) is 2.55. The fourth-order valence-corrected chi connectivity index (χ4v) is 2.55. The first-order valence-electron chi connectivity index (χ1n) is 6.69. The van der Waals surface area contributed by atoms with Crippen LogP contribution in [-0.4, -0.2) is 35.5 Å². The molecular formula is C13H21N5O. The van der Waals surface area contributed by atoms with Gasteiger partial charge in [0.15, 0.2) is 0 Å². The Morgan fingerprint density at radius 2 is 2.26 bits per heavy atom. The van der Waals surface area contributed by atoms with Gasteiger partial charge in [-0.1, -0.05) is 6.92 Å². The second kappa shape index (κ2) is 5.42. The largest absolute Gasteiger partial charge is 0.373 e. The average molecular weight is 263 g/mol. The Balaban J connectivity index is 2.45. The lowest BCUT2D eigenvalue weighted by Gasteiger charge is -2.26. The SMILES string of the molecule is CCc1nc(NC)c(C)c(N2CCCC2C(N)=O)n1. The predicted octanol–water partition coefficient (Wildman–Crippen LogP) is 0.843. The van der Waals surface area contributed by atoms with E-state index in [0.717, 1.165) is 48.8 Å². The number of rotatable bonds is 4. The van der Waals surface area contributed by atoms with Gasteiger partial charge in [-0.2, -0.15) is 0 Å². The second-order valence-electron chi connectivity index (χ2n) is 4.79. The van der Waals surface area contributed by atoms with Crippen LogP contribution in [0.3, 0.4) is 0 Å². The van der Waals surface area contributed by atoms with E-state index >= 15 is 0 Å². The summed E-state index contributed by atoms with van der Waals surface area (Å²) in [5.74, 6) is 2.15. The van der Waals surface area contributed by atoms with Crippen LogP contribution in [-0.2, 0) is 11.2 Å². The summed E-state index contributed by atoms with van der Waals surface area (Å²) >= 11 is 0. The van der Waals surface area contributed by atoms with E-state index in [1.165, 1.54) is 0 Å². The number of primary amides is 1. The normalized spacial score (nSPS) is 18.7. The van der Waals surface area contributed by atoms with Crippen molar-refractivity contribution < 1.29 is 4.79 Å². The summed E-state index contributed by atoms with van der Waals surface area (Å²) < 4.78 is 0. The van der Waals surface area contributed by atoms with Crippen LogP contribution >= 0.6 is 0 Å². The number of aryl methyl sites for hydroxylation is 1. The number of nitrogens with two attached hydrogens (primary N) is 1. The molecule has 3 N–H and O–H groups in total. The van der Waals surface area contributed by atoms with Crippen molar-refractivity contribution in [2.24, 2.45) is 5.73 Å². The quantitative estimate of drug-likeness (QED) is 0.841. The van der Waals surface area contributed by atoms with Crippen LogP contribution in [0.5, 0.6) is 0 Å². The van der Waals surface area contributed by atoms with Crippen molar-refractivity contribution in [1.82, 2.24) is 9.97 Å². The Bertz CT molecular complexity index is 488. The highest BCUT2D eigenvalue weighted by Crippen LogP contribution is 2.29. The van der Waals surface area contributed by atoms with Crippen LogP contribution in [0.2, 0.25) is 0 Å². The van der Waals surface area contributed by atoms with Gasteiger partial charge in [0, 0.05) is 25.6 Å². The first kappa shape index (κ1) is 13.6. The zero-order valence-corrected chi connectivity index (χ0v) is 11.7. The number of carbonyl (C=O) groups is 1. The molecule has 19 heavy (non-hydrogen) atoms.